The summed E-state index contributed by atoms with van der Waals surface area (Å²) in [6, 6.07) is 8.96. The van der Waals surface area contributed by atoms with Gasteiger partial charge >= 0.3 is 0 Å². The normalized spacial score (nSPS) is 10.3. The number of hydrogen-bond acceptors (Lipinski definition) is 4. The van der Waals surface area contributed by atoms with Gasteiger partial charge in [-0.05, 0) is 64.3 Å². The monoisotopic (exact) mass is 337 g/mol. The summed E-state index contributed by atoms with van der Waals surface area (Å²) >= 11 is 3.29. The Hall–Kier alpha value is -1.88. The van der Waals surface area contributed by atoms with Crippen molar-refractivity contribution in [1.82, 2.24) is 0 Å². The van der Waals surface area contributed by atoms with Crippen molar-refractivity contribution in [2.45, 2.75) is 13.5 Å². The highest BCUT2D eigenvalue weighted by atomic mass is 79.9. The molecule has 0 aliphatic carbocycles. The Balaban J connectivity index is 2.14. The summed E-state index contributed by atoms with van der Waals surface area (Å²) in [6.07, 6.45) is 0. The van der Waals surface area contributed by atoms with E-state index in [2.05, 4.69) is 21.2 Å². The molecule has 2 rings (SSSR count). The fraction of sp³-hybridized carbons (Fsp3) is 0.200. The molecule has 0 saturated carbocycles. The van der Waals surface area contributed by atoms with Crippen molar-refractivity contribution < 1.29 is 14.9 Å². The van der Waals surface area contributed by atoms with Gasteiger partial charge in [-0.15, -0.1) is 0 Å². The lowest BCUT2D eigenvalue weighted by atomic mass is 10.1. The standard InChI is InChI=1S/C15H16BrNO3/c1-9-5-11(3-4-13(9)18)17-8-10-6-12(16)15(19)14(7-10)20-2/h3-7,17-19H,8H2,1-2H3. The number of aromatic hydroxyl groups is 2. The number of benzene rings is 2. The molecule has 3 N–H and O–H groups in total. The average Bonchev–Trinajstić information content (AvgIpc) is 2.43. The lowest BCUT2D eigenvalue weighted by molar-refractivity contribution is 0.371. The number of aryl methyl sites for hydroxylation is 1. The van der Waals surface area contributed by atoms with Crippen LogP contribution in [0.25, 0.3) is 0 Å². The van der Waals surface area contributed by atoms with E-state index >= 15 is 0 Å². The molecule has 0 aromatic heterocycles. The van der Waals surface area contributed by atoms with Crippen molar-refractivity contribution in [1.29, 1.82) is 0 Å². The first-order chi connectivity index (χ1) is 9.51. The van der Waals surface area contributed by atoms with E-state index in [1.807, 2.05) is 25.1 Å². The highest BCUT2D eigenvalue weighted by Gasteiger charge is 2.08. The Kier molecular flexibility index (Phi) is 4.39. The zero-order chi connectivity index (χ0) is 14.7. The number of ether oxygens (including phenoxy) is 1. The number of hydrogen-bond donors (Lipinski definition) is 3. The van der Waals surface area contributed by atoms with Gasteiger partial charge in [0.05, 0.1) is 11.6 Å². The second-order valence-electron chi connectivity index (χ2n) is 4.48. The van der Waals surface area contributed by atoms with Crippen molar-refractivity contribution in [3.05, 3.63) is 45.9 Å². The Morgan fingerprint density at radius 1 is 1.20 bits per heavy atom. The maximum atomic E-state index is 9.75. The van der Waals surface area contributed by atoms with Crippen LogP contribution < -0.4 is 10.1 Å². The molecule has 5 heteroatoms. The number of phenolic OH excluding ortho intramolecular Hbond substituents is 2. The Labute approximate surface area is 126 Å². The van der Waals surface area contributed by atoms with Gasteiger partial charge in [-0.3, -0.25) is 0 Å². The van der Waals surface area contributed by atoms with Crippen LogP contribution in [0, 0.1) is 6.92 Å². The van der Waals surface area contributed by atoms with Crippen LogP contribution >= 0.6 is 15.9 Å². The van der Waals surface area contributed by atoms with E-state index in [9.17, 15) is 10.2 Å². The van der Waals surface area contributed by atoms with Gasteiger partial charge in [-0.1, -0.05) is 0 Å². The third-order valence-electron chi connectivity index (χ3n) is 3.00. The summed E-state index contributed by atoms with van der Waals surface area (Å²) < 4.78 is 5.71. The van der Waals surface area contributed by atoms with E-state index in [0.29, 0.717) is 16.8 Å². The van der Waals surface area contributed by atoms with Gasteiger partial charge in [0.1, 0.15) is 5.75 Å². The number of halogens is 1. The van der Waals surface area contributed by atoms with E-state index in [0.717, 1.165) is 16.8 Å². The van der Waals surface area contributed by atoms with Gasteiger partial charge in [-0.2, -0.15) is 0 Å². The summed E-state index contributed by atoms with van der Waals surface area (Å²) in [5, 5.41) is 22.5. The van der Waals surface area contributed by atoms with Crippen LogP contribution in [-0.2, 0) is 6.54 Å². The molecule has 0 heterocycles. The smallest absolute Gasteiger partial charge is 0.172 e. The predicted molar refractivity (Wildman–Crippen MR) is 82.5 cm³/mol. The van der Waals surface area contributed by atoms with Gasteiger partial charge in [0, 0.05) is 12.2 Å². The fourth-order valence-corrected chi connectivity index (χ4v) is 2.34. The predicted octanol–water partition coefficient (Wildman–Crippen LogP) is 3.79. The Morgan fingerprint density at radius 3 is 2.60 bits per heavy atom. The lowest BCUT2D eigenvalue weighted by Gasteiger charge is -2.11. The molecule has 0 bridgehead atoms. The molecule has 0 spiro atoms. The topological polar surface area (TPSA) is 61.7 Å². The van der Waals surface area contributed by atoms with Gasteiger partial charge in [0.15, 0.2) is 11.5 Å². The summed E-state index contributed by atoms with van der Waals surface area (Å²) in [5.74, 6) is 0.805. The molecule has 106 valence electrons. The first-order valence-electron chi connectivity index (χ1n) is 6.10. The van der Waals surface area contributed by atoms with E-state index in [1.54, 1.807) is 12.1 Å². The molecule has 2 aromatic carbocycles. The second-order valence-corrected chi connectivity index (χ2v) is 5.34. The minimum absolute atomic E-state index is 0.0942. The van der Waals surface area contributed by atoms with E-state index in [-0.39, 0.29) is 11.5 Å². The third kappa shape index (κ3) is 3.17. The van der Waals surface area contributed by atoms with Crippen LogP contribution in [0.1, 0.15) is 11.1 Å². The molecular weight excluding hydrogens is 322 g/mol. The number of rotatable bonds is 4. The first kappa shape index (κ1) is 14.5. The van der Waals surface area contributed by atoms with Gasteiger partial charge in [-0.25, -0.2) is 0 Å². The summed E-state index contributed by atoms with van der Waals surface area (Å²) in [5.41, 5.74) is 2.71. The lowest BCUT2D eigenvalue weighted by Crippen LogP contribution is -2.00. The van der Waals surface area contributed by atoms with E-state index in [4.69, 9.17) is 4.74 Å². The molecule has 0 fully saturated rings. The molecule has 2 aromatic rings. The molecular formula is C15H16BrNO3. The van der Waals surface area contributed by atoms with Crippen molar-refractivity contribution in [3.8, 4) is 17.2 Å². The third-order valence-corrected chi connectivity index (χ3v) is 3.61. The first-order valence-corrected chi connectivity index (χ1v) is 6.89. The van der Waals surface area contributed by atoms with Crippen LogP contribution in [0.3, 0.4) is 0 Å². The highest BCUT2D eigenvalue weighted by molar-refractivity contribution is 9.10. The zero-order valence-electron chi connectivity index (χ0n) is 11.3. The minimum atomic E-state index is 0.0942. The maximum absolute atomic E-state index is 9.75. The number of anilines is 1. The maximum Gasteiger partial charge on any atom is 0.172 e. The molecule has 4 nitrogen and oxygen atoms in total. The number of phenols is 2. The van der Waals surface area contributed by atoms with E-state index < -0.39 is 0 Å². The minimum Gasteiger partial charge on any atom is -0.508 e. The van der Waals surface area contributed by atoms with Crippen LogP contribution in [0.4, 0.5) is 5.69 Å². The molecule has 0 radical (unpaired) electrons. The fourth-order valence-electron chi connectivity index (χ4n) is 1.85. The largest absolute Gasteiger partial charge is 0.508 e. The summed E-state index contributed by atoms with van der Waals surface area (Å²) in [6.45, 7) is 2.43. The van der Waals surface area contributed by atoms with Crippen molar-refractivity contribution in [3.63, 3.8) is 0 Å². The Bertz CT molecular complexity index is 629. The quantitative estimate of drug-likeness (QED) is 0.743. The van der Waals surface area contributed by atoms with Gasteiger partial charge < -0.3 is 20.3 Å². The van der Waals surface area contributed by atoms with E-state index in [1.165, 1.54) is 7.11 Å². The molecule has 0 atom stereocenters. The summed E-state index contributed by atoms with van der Waals surface area (Å²) in [7, 11) is 1.52. The highest BCUT2D eigenvalue weighted by Crippen LogP contribution is 2.35. The van der Waals surface area contributed by atoms with Crippen LogP contribution in [-0.4, -0.2) is 17.3 Å². The molecule has 0 saturated heterocycles. The molecule has 0 unspecified atom stereocenters. The van der Waals surface area contributed by atoms with Crippen LogP contribution in [0.5, 0.6) is 17.2 Å². The van der Waals surface area contributed by atoms with Crippen molar-refractivity contribution >= 4 is 21.6 Å². The van der Waals surface area contributed by atoms with Crippen molar-refractivity contribution in [2.24, 2.45) is 0 Å². The molecule has 0 aliphatic heterocycles. The van der Waals surface area contributed by atoms with Crippen molar-refractivity contribution in [2.75, 3.05) is 12.4 Å². The number of nitrogens with one attached hydrogen (secondary N) is 1. The molecule has 20 heavy (non-hydrogen) atoms. The van der Waals surface area contributed by atoms with Gasteiger partial charge in [0.25, 0.3) is 0 Å². The average molecular weight is 338 g/mol. The Morgan fingerprint density at radius 2 is 1.95 bits per heavy atom. The number of methoxy groups -OCH3 is 1. The zero-order valence-corrected chi connectivity index (χ0v) is 12.9. The SMILES string of the molecule is COc1cc(CNc2ccc(O)c(C)c2)cc(Br)c1O. The van der Waals surface area contributed by atoms with Crippen LogP contribution in [0.2, 0.25) is 0 Å². The summed E-state index contributed by atoms with van der Waals surface area (Å²) in [4.78, 5) is 0. The van der Waals surface area contributed by atoms with Gasteiger partial charge in [0.2, 0.25) is 0 Å². The van der Waals surface area contributed by atoms with Crippen LogP contribution in [0.15, 0.2) is 34.8 Å². The second kappa shape index (κ2) is 6.05. The molecule has 0 aliphatic rings. The molecule has 0 amide bonds.